The Labute approximate surface area is 232 Å². The van der Waals surface area contributed by atoms with E-state index >= 15 is 0 Å². The highest BCUT2D eigenvalue weighted by Crippen LogP contribution is 2.31. The molecule has 4 aromatic heterocycles. The van der Waals surface area contributed by atoms with Crippen molar-refractivity contribution in [3.8, 4) is 21.8 Å². The largest absolute Gasteiger partial charge is 0.357 e. The van der Waals surface area contributed by atoms with E-state index in [0.29, 0.717) is 35.8 Å². The Kier molecular flexibility index (Phi) is 7.89. The summed E-state index contributed by atoms with van der Waals surface area (Å²) in [6.45, 7) is 9.40. The van der Waals surface area contributed by atoms with Gasteiger partial charge in [0, 0.05) is 37.9 Å². The van der Waals surface area contributed by atoms with Gasteiger partial charge in [0.2, 0.25) is 5.91 Å². The first-order valence-electron chi connectivity index (χ1n) is 13.3. The van der Waals surface area contributed by atoms with E-state index in [1.54, 1.807) is 41.2 Å². The van der Waals surface area contributed by atoms with E-state index in [1.807, 2.05) is 34.7 Å². The van der Waals surface area contributed by atoms with Crippen molar-refractivity contribution in [1.82, 2.24) is 35.1 Å². The average molecular weight is 547 g/mol. The monoisotopic (exact) mass is 546 g/mol. The quantitative estimate of drug-likeness (QED) is 0.314. The summed E-state index contributed by atoms with van der Waals surface area (Å²) in [4.78, 5) is 40.9. The van der Waals surface area contributed by atoms with Crippen LogP contribution >= 0.6 is 11.3 Å². The number of hydrogen-bond donors (Lipinski definition) is 2. The number of amides is 2. The number of aromatic nitrogens is 4. The predicted octanol–water partition coefficient (Wildman–Crippen LogP) is 3.30. The Morgan fingerprint density at radius 2 is 2.00 bits per heavy atom. The second kappa shape index (κ2) is 11.5. The van der Waals surface area contributed by atoms with E-state index in [2.05, 4.69) is 41.4 Å². The summed E-state index contributed by atoms with van der Waals surface area (Å²) >= 11 is 1.62. The van der Waals surface area contributed by atoms with Gasteiger partial charge >= 0.3 is 0 Å². The molecule has 0 saturated carbocycles. The Hall–Kier alpha value is -3.83. The maximum Gasteiger partial charge on any atom is 0.251 e. The maximum absolute atomic E-state index is 13.4. The molecule has 0 aliphatic carbocycles. The fraction of sp³-hybridized carbons (Fsp3) is 0.393. The molecule has 1 aliphatic heterocycles. The van der Waals surface area contributed by atoms with Crippen molar-refractivity contribution in [2.75, 3.05) is 38.1 Å². The zero-order valence-electron chi connectivity index (χ0n) is 22.7. The minimum absolute atomic E-state index is 0.0641. The smallest absolute Gasteiger partial charge is 0.251 e. The molecular formula is C28H34N8O2S. The van der Waals surface area contributed by atoms with Gasteiger partial charge in [-0.1, -0.05) is 19.9 Å². The summed E-state index contributed by atoms with van der Waals surface area (Å²) < 4.78 is 1.71. The molecular weight excluding hydrogens is 512 g/mol. The second-order valence-electron chi connectivity index (χ2n) is 9.61. The van der Waals surface area contributed by atoms with Crippen LogP contribution in [0.3, 0.4) is 0 Å². The lowest BCUT2D eigenvalue weighted by Gasteiger charge is -2.40. The summed E-state index contributed by atoms with van der Waals surface area (Å²) in [7, 11) is 1.63. The highest BCUT2D eigenvalue weighted by molar-refractivity contribution is 7.13. The van der Waals surface area contributed by atoms with E-state index in [1.165, 1.54) is 0 Å². The fourth-order valence-corrected chi connectivity index (χ4v) is 5.66. The van der Waals surface area contributed by atoms with Crippen LogP contribution in [0.4, 0.5) is 5.82 Å². The lowest BCUT2D eigenvalue weighted by Crippen LogP contribution is -2.56. The molecule has 0 bridgehead atoms. The zero-order valence-corrected chi connectivity index (χ0v) is 23.5. The van der Waals surface area contributed by atoms with E-state index in [9.17, 15) is 9.59 Å². The number of carbonyl (C=O) groups is 2. The molecule has 0 radical (unpaired) electrons. The molecule has 1 aliphatic rings. The normalized spacial score (nSPS) is 15.8. The standard InChI is InChI=1S/C28H34N8O2S/c1-5-34(6-2)18(3)16-30-27(37)19-14-22(32-25(15-19)35-11-10-23(35)28(38)29-4)20-17-31-36-12-9-21(33-26(20)36)24-8-7-13-39-24/h7-9,12-15,17-18,23H,5-6,10-11,16H2,1-4H3,(H,29,38)(H,30,37)/t18-,23-/m0/s1. The molecule has 0 spiro atoms. The van der Waals surface area contributed by atoms with Crippen LogP contribution in [-0.2, 0) is 4.79 Å². The van der Waals surface area contributed by atoms with Gasteiger partial charge in [0.05, 0.1) is 28.0 Å². The molecule has 1 fully saturated rings. The summed E-state index contributed by atoms with van der Waals surface area (Å²) in [5.41, 5.74) is 3.29. The molecule has 204 valence electrons. The Bertz CT molecular complexity index is 1460. The van der Waals surface area contributed by atoms with Gasteiger partial charge in [-0.25, -0.2) is 14.5 Å². The summed E-state index contributed by atoms with van der Waals surface area (Å²) in [6.07, 6.45) is 4.34. The zero-order chi connectivity index (χ0) is 27.5. The van der Waals surface area contributed by atoms with Gasteiger partial charge in [-0.05, 0) is 56.1 Å². The Morgan fingerprint density at radius 3 is 2.67 bits per heavy atom. The second-order valence-corrected chi connectivity index (χ2v) is 10.6. The van der Waals surface area contributed by atoms with Crippen LogP contribution in [0.25, 0.3) is 27.5 Å². The van der Waals surface area contributed by atoms with Crippen molar-refractivity contribution < 1.29 is 9.59 Å². The van der Waals surface area contributed by atoms with Crippen LogP contribution in [-0.4, -0.2) is 81.6 Å². The number of carbonyl (C=O) groups excluding carboxylic acids is 2. The maximum atomic E-state index is 13.4. The number of thiophene rings is 1. The fourth-order valence-electron chi connectivity index (χ4n) is 4.96. The molecule has 11 heteroatoms. The molecule has 10 nitrogen and oxygen atoms in total. The van der Waals surface area contributed by atoms with Crippen LogP contribution in [0.2, 0.25) is 0 Å². The SMILES string of the molecule is CCN(CC)[C@@H](C)CNC(=O)c1cc(-c2cnn3ccc(-c4cccs4)nc23)nc(N2CC[C@H]2C(=O)NC)c1. The number of nitrogens with one attached hydrogen (secondary N) is 2. The topological polar surface area (TPSA) is 108 Å². The summed E-state index contributed by atoms with van der Waals surface area (Å²) in [6, 6.07) is 9.40. The molecule has 2 amide bonds. The molecule has 4 aromatic rings. The molecule has 5 heterocycles. The molecule has 39 heavy (non-hydrogen) atoms. The number of rotatable bonds is 10. The molecule has 1 saturated heterocycles. The van der Waals surface area contributed by atoms with Crippen LogP contribution < -0.4 is 15.5 Å². The van der Waals surface area contributed by atoms with Crippen molar-refractivity contribution >= 4 is 34.6 Å². The third-order valence-electron chi connectivity index (χ3n) is 7.35. The minimum atomic E-state index is -0.316. The van der Waals surface area contributed by atoms with Gasteiger partial charge in [0.25, 0.3) is 5.91 Å². The minimum Gasteiger partial charge on any atom is -0.357 e. The van der Waals surface area contributed by atoms with Crippen molar-refractivity contribution in [3.63, 3.8) is 0 Å². The molecule has 2 N–H and O–H groups in total. The Morgan fingerprint density at radius 1 is 1.18 bits per heavy atom. The highest BCUT2D eigenvalue weighted by Gasteiger charge is 2.35. The first-order valence-corrected chi connectivity index (χ1v) is 14.2. The third-order valence-corrected chi connectivity index (χ3v) is 8.24. The summed E-state index contributed by atoms with van der Waals surface area (Å²) in [5.74, 6) is 0.341. The van der Waals surface area contributed by atoms with Gasteiger partial charge in [0.15, 0.2) is 5.65 Å². The van der Waals surface area contributed by atoms with Gasteiger partial charge in [0.1, 0.15) is 11.9 Å². The average Bonchev–Trinajstić information content (AvgIpc) is 3.61. The molecule has 0 unspecified atom stereocenters. The van der Waals surface area contributed by atoms with E-state index in [0.717, 1.165) is 35.6 Å². The lowest BCUT2D eigenvalue weighted by molar-refractivity contribution is -0.123. The highest BCUT2D eigenvalue weighted by atomic mass is 32.1. The Balaban J connectivity index is 1.52. The molecule has 0 aromatic carbocycles. The predicted molar refractivity (Wildman–Crippen MR) is 154 cm³/mol. The van der Waals surface area contributed by atoms with Gasteiger partial charge < -0.3 is 15.5 Å². The van der Waals surface area contributed by atoms with Crippen LogP contribution in [0.5, 0.6) is 0 Å². The lowest BCUT2D eigenvalue weighted by atomic mass is 10.0. The number of likely N-dealkylation sites (N-methyl/N-ethyl adjacent to an activating group) is 2. The first-order chi connectivity index (χ1) is 18.9. The summed E-state index contributed by atoms with van der Waals surface area (Å²) in [5, 5.41) is 12.3. The number of nitrogens with zero attached hydrogens (tertiary/aromatic N) is 6. The van der Waals surface area contributed by atoms with E-state index < -0.39 is 0 Å². The van der Waals surface area contributed by atoms with Gasteiger partial charge in [-0.15, -0.1) is 11.3 Å². The number of anilines is 1. The third kappa shape index (κ3) is 5.37. The van der Waals surface area contributed by atoms with Crippen LogP contribution in [0.1, 0.15) is 37.6 Å². The van der Waals surface area contributed by atoms with E-state index in [4.69, 9.17) is 9.97 Å². The van der Waals surface area contributed by atoms with Crippen LogP contribution in [0.15, 0.2) is 48.1 Å². The van der Waals surface area contributed by atoms with Crippen molar-refractivity contribution in [2.45, 2.75) is 39.3 Å². The number of hydrogen-bond acceptors (Lipinski definition) is 8. The number of fused-ring (bicyclic) bond motifs is 1. The van der Waals surface area contributed by atoms with Crippen molar-refractivity contribution in [1.29, 1.82) is 0 Å². The van der Waals surface area contributed by atoms with Crippen molar-refractivity contribution in [3.05, 3.63) is 53.7 Å². The van der Waals surface area contributed by atoms with Gasteiger partial charge in [-0.2, -0.15) is 5.10 Å². The van der Waals surface area contributed by atoms with Crippen LogP contribution in [0, 0.1) is 0 Å². The van der Waals surface area contributed by atoms with Gasteiger partial charge in [-0.3, -0.25) is 14.5 Å². The first kappa shape index (κ1) is 26.8. The molecule has 2 atom stereocenters. The van der Waals surface area contributed by atoms with Crippen molar-refractivity contribution in [2.24, 2.45) is 0 Å². The molecule has 5 rings (SSSR count). The van der Waals surface area contributed by atoms with E-state index in [-0.39, 0.29) is 23.9 Å². The number of pyridine rings is 1.